The lowest BCUT2D eigenvalue weighted by atomic mass is 9.85. The van der Waals surface area contributed by atoms with Crippen LogP contribution in [-0.2, 0) is 14.3 Å². The Kier molecular flexibility index (Phi) is 3.50. The SMILES string of the molecule is CC1=CCCCC1(C)OC(=O)CC(=O)O. The van der Waals surface area contributed by atoms with E-state index in [1.807, 2.05) is 19.9 Å². The summed E-state index contributed by atoms with van der Waals surface area (Å²) in [7, 11) is 0. The molecule has 0 amide bonds. The number of aliphatic carboxylic acids is 1. The van der Waals surface area contributed by atoms with Crippen LogP contribution in [0.2, 0.25) is 0 Å². The molecule has 15 heavy (non-hydrogen) atoms. The van der Waals surface area contributed by atoms with Crippen LogP contribution in [0, 0.1) is 0 Å². The molecule has 4 nitrogen and oxygen atoms in total. The van der Waals surface area contributed by atoms with Crippen molar-refractivity contribution in [1.82, 2.24) is 0 Å². The summed E-state index contributed by atoms with van der Waals surface area (Å²) in [4.78, 5) is 21.6. The highest BCUT2D eigenvalue weighted by Crippen LogP contribution is 2.32. The highest BCUT2D eigenvalue weighted by atomic mass is 16.6. The zero-order valence-electron chi connectivity index (χ0n) is 9.08. The van der Waals surface area contributed by atoms with E-state index in [4.69, 9.17) is 9.84 Å². The van der Waals surface area contributed by atoms with Crippen LogP contribution in [0.25, 0.3) is 0 Å². The zero-order chi connectivity index (χ0) is 11.5. The fraction of sp³-hybridized carbons (Fsp3) is 0.636. The van der Waals surface area contributed by atoms with Gasteiger partial charge in [0.1, 0.15) is 12.0 Å². The highest BCUT2D eigenvalue weighted by Gasteiger charge is 2.32. The Bertz CT molecular complexity index is 306. The van der Waals surface area contributed by atoms with E-state index >= 15 is 0 Å². The van der Waals surface area contributed by atoms with Crippen LogP contribution in [0.1, 0.15) is 39.5 Å². The predicted molar refractivity (Wildman–Crippen MR) is 54.4 cm³/mol. The van der Waals surface area contributed by atoms with Crippen LogP contribution in [0.4, 0.5) is 0 Å². The summed E-state index contributed by atoms with van der Waals surface area (Å²) in [6, 6.07) is 0. The molecule has 0 heterocycles. The van der Waals surface area contributed by atoms with Gasteiger partial charge >= 0.3 is 11.9 Å². The topological polar surface area (TPSA) is 63.6 Å². The van der Waals surface area contributed by atoms with Crippen LogP contribution >= 0.6 is 0 Å². The number of carbonyl (C=O) groups excluding carboxylic acids is 1. The molecular formula is C11H16O4. The van der Waals surface area contributed by atoms with Gasteiger partial charge in [0.25, 0.3) is 0 Å². The molecule has 0 saturated carbocycles. The summed E-state index contributed by atoms with van der Waals surface area (Å²) in [5, 5.41) is 8.45. The van der Waals surface area contributed by atoms with Crippen molar-refractivity contribution in [3.05, 3.63) is 11.6 Å². The molecule has 0 fully saturated rings. The van der Waals surface area contributed by atoms with E-state index in [1.54, 1.807) is 0 Å². The summed E-state index contributed by atoms with van der Waals surface area (Å²) in [5.41, 5.74) is 0.401. The van der Waals surface area contributed by atoms with E-state index in [-0.39, 0.29) is 0 Å². The van der Waals surface area contributed by atoms with Crippen molar-refractivity contribution in [3.63, 3.8) is 0 Å². The van der Waals surface area contributed by atoms with Crippen LogP contribution in [0.5, 0.6) is 0 Å². The van der Waals surface area contributed by atoms with E-state index in [0.717, 1.165) is 24.8 Å². The second-order valence-electron chi connectivity index (χ2n) is 4.05. The van der Waals surface area contributed by atoms with E-state index in [1.165, 1.54) is 0 Å². The molecule has 1 N–H and O–H groups in total. The molecule has 4 heteroatoms. The smallest absolute Gasteiger partial charge is 0.318 e. The number of carbonyl (C=O) groups is 2. The van der Waals surface area contributed by atoms with Crippen LogP contribution in [-0.4, -0.2) is 22.6 Å². The molecule has 0 aromatic rings. The molecule has 0 radical (unpaired) electrons. The molecule has 0 aromatic carbocycles. The fourth-order valence-electron chi connectivity index (χ4n) is 1.71. The van der Waals surface area contributed by atoms with Gasteiger partial charge in [-0.05, 0) is 38.7 Å². The Hall–Kier alpha value is -1.32. The fourth-order valence-corrected chi connectivity index (χ4v) is 1.71. The highest BCUT2D eigenvalue weighted by molar-refractivity contribution is 5.90. The van der Waals surface area contributed by atoms with Crippen molar-refractivity contribution >= 4 is 11.9 Å². The second-order valence-corrected chi connectivity index (χ2v) is 4.05. The van der Waals surface area contributed by atoms with Gasteiger partial charge in [0, 0.05) is 0 Å². The lowest BCUT2D eigenvalue weighted by molar-refractivity contribution is -0.160. The van der Waals surface area contributed by atoms with E-state index in [9.17, 15) is 9.59 Å². The average Bonchev–Trinajstić information content (AvgIpc) is 2.08. The van der Waals surface area contributed by atoms with Crippen molar-refractivity contribution in [2.24, 2.45) is 0 Å². The van der Waals surface area contributed by atoms with Crippen molar-refractivity contribution in [1.29, 1.82) is 0 Å². The molecule has 1 rings (SSSR count). The van der Waals surface area contributed by atoms with Gasteiger partial charge in [0.05, 0.1) is 0 Å². The molecule has 1 aliphatic carbocycles. The molecule has 1 aliphatic rings. The number of ether oxygens (including phenoxy) is 1. The number of hydrogen-bond acceptors (Lipinski definition) is 3. The number of allylic oxidation sites excluding steroid dienone is 1. The molecule has 0 aliphatic heterocycles. The summed E-state index contributed by atoms with van der Waals surface area (Å²) in [6.07, 6.45) is 4.20. The Morgan fingerprint density at radius 2 is 2.27 bits per heavy atom. The van der Waals surface area contributed by atoms with Gasteiger partial charge in [-0.15, -0.1) is 0 Å². The standard InChI is InChI=1S/C11H16O4/c1-8-5-3-4-6-11(8,2)15-10(14)7-9(12)13/h5H,3-4,6-7H2,1-2H3,(H,12,13). The third-order valence-corrected chi connectivity index (χ3v) is 2.78. The molecule has 0 spiro atoms. The zero-order valence-corrected chi connectivity index (χ0v) is 9.08. The second kappa shape index (κ2) is 4.47. The normalized spacial score (nSPS) is 25.6. The van der Waals surface area contributed by atoms with Crippen molar-refractivity contribution in [2.75, 3.05) is 0 Å². The van der Waals surface area contributed by atoms with Gasteiger partial charge in [0.15, 0.2) is 0 Å². The number of hydrogen-bond donors (Lipinski definition) is 1. The van der Waals surface area contributed by atoms with Crippen LogP contribution < -0.4 is 0 Å². The van der Waals surface area contributed by atoms with Gasteiger partial charge in [-0.2, -0.15) is 0 Å². The van der Waals surface area contributed by atoms with Crippen molar-refractivity contribution < 1.29 is 19.4 Å². The van der Waals surface area contributed by atoms with Crippen molar-refractivity contribution in [2.45, 2.75) is 45.1 Å². The predicted octanol–water partition coefficient (Wildman–Crippen LogP) is 1.89. The molecule has 1 atom stereocenters. The summed E-state index contributed by atoms with van der Waals surface area (Å²) in [5.74, 6) is -1.82. The lowest BCUT2D eigenvalue weighted by Gasteiger charge is -2.33. The van der Waals surface area contributed by atoms with Crippen LogP contribution in [0.3, 0.4) is 0 Å². The third-order valence-electron chi connectivity index (χ3n) is 2.78. The van der Waals surface area contributed by atoms with E-state index < -0.39 is 24.0 Å². The summed E-state index contributed by atoms with van der Waals surface area (Å²) in [6.45, 7) is 3.74. The van der Waals surface area contributed by atoms with Crippen molar-refractivity contribution in [3.8, 4) is 0 Å². The number of esters is 1. The quantitative estimate of drug-likeness (QED) is 0.441. The first kappa shape index (κ1) is 11.8. The van der Waals surface area contributed by atoms with Gasteiger partial charge < -0.3 is 9.84 Å². The molecular weight excluding hydrogens is 196 g/mol. The monoisotopic (exact) mass is 212 g/mol. The first-order valence-corrected chi connectivity index (χ1v) is 5.05. The first-order valence-electron chi connectivity index (χ1n) is 5.05. The lowest BCUT2D eigenvalue weighted by Crippen LogP contribution is -2.35. The summed E-state index contributed by atoms with van der Waals surface area (Å²) >= 11 is 0. The average molecular weight is 212 g/mol. The van der Waals surface area contributed by atoms with E-state index in [0.29, 0.717) is 0 Å². The Morgan fingerprint density at radius 1 is 1.60 bits per heavy atom. The largest absolute Gasteiger partial charge is 0.481 e. The molecule has 1 unspecified atom stereocenters. The van der Waals surface area contributed by atoms with Gasteiger partial charge in [0.2, 0.25) is 0 Å². The van der Waals surface area contributed by atoms with E-state index in [2.05, 4.69) is 0 Å². The molecule has 0 bridgehead atoms. The summed E-state index contributed by atoms with van der Waals surface area (Å²) < 4.78 is 5.21. The maximum absolute atomic E-state index is 11.2. The van der Waals surface area contributed by atoms with Gasteiger partial charge in [-0.3, -0.25) is 9.59 Å². The minimum Gasteiger partial charge on any atom is -0.481 e. The Morgan fingerprint density at radius 3 is 2.80 bits per heavy atom. The third kappa shape index (κ3) is 3.08. The van der Waals surface area contributed by atoms with Gasteiger partial charge in [-0.1, -0.05) is 6.08 Å². The number of rotatable bonds is 3. The van der Waals surface area contributed by atoms with Gasteiger partial charge in [-0.25, -0.2) is 0 Å². The maximum Gasteiger partial charge on any atom is 0.318 e. The first-order chi connectivity index (χ1) is 6.94. The van der Waals surface area contributed by atoms with Crippen LogP contribution in [0.15, 0.2) is 11.6 Å². The Labute approximate surface area is 88.9 Å². The maximum atomic E-state index is 11.2. The number of carboxylic acids is 1. The molecule has 84 valence electrons. The minimum atomic E-state index is -1.15. The number of carboxylic acid groups (broad SMARTS) is 1. The molecule has 0 saturated heterocycles. The minimum absolute atomic E-state index is 0.567. The Balaban J connectivity index is 2.63. The molecule has 0 aromatic heterocycles.